The number of hydrogen-bond acceptors (Lipinski definition) is 8. The van der Waals surface area contributed by atoms with Gasteiger partial charge in [-0.05, 0) is 129 Å². The summed E-state index contributed by atoms with van der Waals surface area (Å²) in [6, 6.07) is 0. The van der Waals surface area contributed by atoms with E-state index in [-0.39, 0.29) is 63.3 Å². The second-order valence-electron chi connectivity index (χ2n) is 20.2. The van der Waals surface area contributed by atoms with E-state index in [4.69, 9.17) is 18.9 Å². The van der Waals surface area contributed by atoms with Gasteiger partial charge in [0.15, 0.2) is 6.29 Å². The molecule has 3 aliphatic heterocycles. The Kier molecular flexibility index (Phi) is 8.75. The Morgan fingerprint density at radius 1 is 0.980 bits per heavy atom. The van der Waals surface area contributed by atoms with Crippen LogP contribution in [0.3, 0.4) is 0 Å². The lowest BCUT2D eigenvalue weighted by Gasteiger charge is -2.64. The van der Waals surface area contributed by atoms with E-state index in [1.54, 1.807) is 13.8 Å². The zero-order valence-electron chi connectivity index (χ0n) is 32.0. The van der Waals surface area contributed by atoms with Crippen molar-refractivity contribution in [3.63, 3.8) is 0 Å². The Hall–Kier alpha value is -0.810. The first-order valence-electron chi connectivity index (χ1n) is 20.4. The van der Waals surface area contributed by atoms with Crippen molar-refractivity contribution in [1.82, 2.24) is 4.90 Å². The maximum Gasteiger partial charge on any atom is 0.223 e. The van der Waals surface area contributed by atoms with E-state index in [9.17, 15) is 20.1 Å². The van der Waals surface area contributed by atoms with E-state index in [1.807, 2.05) is 4.90 Å². The Balaban J connectivity index is 0.974. The zero-order chi connectivity index (χ0) is 35.6. The highest BCUT2D eigenvalue weighted by Crippen LogP contribution is 2.89. The van der Waals surface area contributed by atoms with Crippen molar-refractivity contribution < 1.29 is 39.1 Å². The molecule has 9 nitrogen and oxygen atoms in total. The first kappa shape index (κ1) is 36.2. The van der Waals surface area contributed by atoms with Gasteiger partial charge in [-0.3, -0.25) is 4.79 Å². The highest BCUT2D eigenvalue weighted by atomic mass is 16.7. The van der Waals surface area contributed by atoms with E-state index in [0.717, 1.165) is 58.2 Å². The lowest BCUT2D eigenvalue weighted by molar-refractivity contribution is -0.248. The zero-order valence-corrected chi connectivity index (χ0v) is 32.0. The molecule has 3 N–H and O–H groups in total. The minimum Gasteiger partial charge on any atom is -0.390 e. The third-order valence-corrected chi connectivity index (χ3v) is 17.3. The number of fused-ring (bicyclic) bond motifs is 4. The van der Waals surface area contributed by atoms with Crippen molar-refractivity contribution in [3.05, 3.63) is 0 Å². The van der Waals surface area contributed by atoms with Crippen LogP contribution in [0.5, 0.6) is 0 Å². The third kappa shape index (κ3) is 5.05. The average molecular weight is 702 g/mol. The van der Waals surface area contributed by atoms with Gasteiger partial charge in [-0.15, -0.1) is 0 Å². The van der Waals surface area contributed by atoms with Gasteiger partial charge >= 0.3 is 0 Å². The predicted octanol–water partition coefficient (Wildman–Crippen LogP) is 5.32. The number of carbonyl (C=O) groups excluding carboxylic acids is 1. The van der Waals surface area contributed by atoms with E-state index < -0.39 is 23.9 Å². The van der Waals surface area contributed by atoms with Crippen LogP contribution in [0.4, 0.5) is 0 Å². The number of hydrogen-bond donors (Lipinski definition) is 3. The van der Waals surface area contributed by atoms with Crippen LogP contribution in [-0.4, -0.2) is 101 Å². The Morgan fingerprint density at radius 3 is 2.40 bits per heavy atom. The summed E-state index contributed by atoms with van der Waals surface area (Å²) in [5.41, 5.74) is -1.08. The topological polar surface area (TPSA) is 118 Å². The quantitative estimate of drug-likeness (QED) is 0.341. The summed E-state index contributed by atoms with van der Waals surface area (Å²) in [5, 5.41) is 34.2. The van der Waals surface area contributed by atoms with E-state index in [1.165, 1.54) is 12.8 Å². The average Bonchev–Trinajstić information content (AvgIpc) is 3.70. The molecular weight excluding hydrogens is 634 g/mol. The van der Waals surface area contributed by atoms with Gasteiger partial charge in [0.1, 0.15) is 6.10 Å². The Morgan fingerprint density at radius 2 is 1.68 bits per heavy atom. The number of ether oxygens (including phenoxy) is 4. The van der Waals surface area contributed by atoms with Crippen molar-refractivity contribution in [2.24, 2.45) is 56.7 Å². The van der Waals surface area contributed by atoms with Crippen LogP contribution < -0.4 is 0 Å². The van der Waals surface area contributed by atoms with Crippen molar-refractivity contribution in [2.45, 2.75) is 162 Å². The summed E-state index contributed by atoms with van der Waals surface area (Å²) in [7, 11) is 0. The highest BCUT2D eigenvalue weighted by Gasteiger charge is 2.84. The van der Waals surface area contributed by atoms with Gasteiger partial charge in [0.25, 0.3) is 0 Å². The smallest absolute Gasteiger partial charge is 0.223 e. The minimum absolute atomic E-state index is 0.0213. The molecular formula is C41H67NO8. The lowest BCUT2D eigenvalue weighted by Crippen LogP contribution is -2.60. The van der Waals surface area contributed by atoms with Gasteiger partial charge < -0.3 is 39.2 Å². The molecule has 50 heavy (non-hydrogen) atoms. The molecule has 5 aliphatic carbocycles. The molecule has 1 amide bonds. The molecule has 3 heterocycles. The van der Waals surface area contributed by atoms with Gasteiger partial charge in [0.05, 0.1) is 43.2 Å². The summed E-state index contributed by atoms with van der Waals surface area (Å²) < 4.78 is 25.3. The standard InChI is InChI=1S/C41H67NO8/c1-24-20-26(34(44)37(4,5)46)49-33-32(24)38(6)14-15-41-23-40(41)13-10-29(36(2,3)27(40)8-9-28(41)39(38,7)35(33)45)50-31-22-42(16-19-48-31)30(43)21-25-11-17-47-18-12-25/h24-29,31-35,44-46H,8-23H2,1-7H3/t24-,26?,27+,28+,29+,31?,32?,33?,34+,35+,38-,39?,40-,41?/m1/s1. The number of amides is 1. The largest absolute Gasteiger partial charge is 0.390 e. The molecule has 0 bridgehead atoms. The molecule has 6 unspecified atom stereocenters. The predicted molar refractivity (Wildman–Crippen MR) is 188 cm³/mol. The monoisotopic (exact) mass is 701 g/mol. The summed E-state index contributed by atoms with van der Waals surface area (Å²) in [5.74, 6) is 2.15. The molecule has 0 aromatic carbocycles. The van der Waals surface area contributed by atoms with Crippen molar-refractivity contribution in [1.29, 1.82) is 0 Å². The second kappa shape index (κ2) is 12.1. The van der Waals surface area contributed by atoms with Crippen molar-refractivity contribution >= 4 is 5.91 Å². The lowest BCUT2D eigenvalue weighted by atomic mass is 9.41. The molecule has 8 fully saturated rings. The van der Waals surface area contributed by atoms with Gasteiger partial charge in [-0.2, -0.15) is 0 Å². The Bertz CT molecular complexity index is 1310. The molecule has 0 radical (unpaired) electrons. The molecule has 3 saturated heterocycles. The molecule has 2 spiro atoms. The molecule has 0 aromatic rings. The number of aliphatic hydroxyl groups excluding tert-OH is 2. The first-order valence-corrected chi connectivity index (χ1v) is 20.4. The van der Waals surface area contributed by atoms with E-state index >= 15 is 0 Å². The summed E-state index contributed by atoms with van der Waals surface area (Å²) in [6.45, 7) is 18.5. The van der Waals surface area contributed by atoms with Crippen LogP contribution in [0.1, 0.15) is 119 Å². The minimum atomic E-state index is -1.26. The number of aliphatic hydroxyl groups is 3. The first-order chi connectivity index (χ1) is 23.5. The molecule has 0 aromatic heterocycles. The molecule has 8 rings (SSSR count). The van der Waals surface area contributed by atoms with Crippen LogP contribution in [-0.2, 0) is 23.7 Å². The second-order valence-corrected chi connectivity index (χ2v) is 20.2. The van der Waals surface area contributed by atoms with Crippen LogP contribution in [0.2, 0.25) is 0 Å². The van der Waals surface area contributed by atoms with Crippen molar-refractivity contribution in [2.75, 3.05) is 32.9 Å². The number of morpholine rings is 1. The van der Waals surface area contributed by atoms with Crippen molar-refractivity contribution in [3.8, 4) is 0 Å². The van der Waals surface area contributed by atoms with Crippen LogP contribution in [0, 0.1) is 56.7 Å². The number of nitrogens with zero attached hydrogens (tertiary/aromatic N) is 1. The maximum atomic E-state index is 13.3. The Labute approximate surface area is 300 Å². The maximum absolute atomic E-state index is 13.3. The normalized spacial score (nSPS) is 50.7. The molecule has 5 saturated carbocycles. The number of carbonyl (C=O) groups is 1. The summed E-state index contributed by atoms with van der Waals surface area (Å²) in [6.07, 6.45) is 8.56. The van der Waals surface area contributed by atoms with Gasteiger partial charge in [0.2, 0.25) is 5.91 Å². The van der Waals surface area contributed by atoms with E-state index in [0.29, 0.717) is 50.3 Å². The van der Waals surface area contributed by atoms with E-state index in [2.05, 4.69) is 34.6 Å². The van der Waals surface area contributed by atoms with Crippen LogP contribution >= 0.6 is 0 Å². The fraction of sp³-hybridized carbons (Fsp3) is 0.976. The number of rotatable bonds is 6. The molecule has 8 aliphatic rings. The van der Waals surface area contributed by atoms with Crippen LogP contribution in [0.15, 0.2) is 0 Å². The third-order valence-electron chi connectivity index (χ3n) is 17.3. The van der Waals surface area contributed by atoms with Gasteiger partial charge in [0, 0.05) is 31.6 Å². The van der Waals surface area contributed by atoms with Gasteiger partial charge in [-0.1, -0.05) is 34.6 Å². The SMILES string of the molecule is C[C@@H]1CC([C@H](O)C(C)(C)O)OC2C1[C@@]1(C)CCC34C[C@@]35CC[C@H](OC3CN(C(=O)CC6CCOCC6)CCO3)C(C)(C)[C@@H]5CC[C@H]4C1(C)[C@H]2O. The fourth-order valence-corrected chi connectivity index (χ4v) is 14.7. The molecule has 14 atom stereocenters. The van der Waals surface area contributed by atoms with Crippen LogP contribution in [0.25, 0.3) is 0 Å². The molecule has 9 heteroatoms. The molecule has 284 valence electrons. The summed E-state index contributed by atoms with van der Waals surface area (Å²) >= 11 is 0. The highest BCUT2D eigenvalue weighted by molar-refractivity contribution is 5.76. The fourth-order valence-electron chi connectivity index (χ4n) is 14.7. The summed E-state index contributed by atoms with van der Waals surface area (Å²) in [4.78, 5) is 15.2. The van der Waals surface area contributed by atoms with Gasteiger partial charge in [-0.25, -0.2) is 0 Å².